The van der Waals surface area contributed by atoms with E-state index in [2.05, 4.69) is 15.1 Å². The van der Waals surface area contributed by atoms with Gasteiger partial charge in [-0.15, -0.1) is 0 Å². The van der Waals surface area contributed by atoms with Gasteiger partial charge in [-0.25, -0.2) is 4.68 Å². The fourth-order valence-corrected chi connectivity index (χ4v) is 1.54. The lowest BCUT2D eigenvalue weighted by Crippen LogP contribution is -2.24. The van der Waals surface area contributed by atoms with Crippen molar-refractivity contribution in [1.82, 2.24) is 14.8 Å². The van der Waals surface area contributed by atoms with Crippen LogP contribution in [0.2, 0.25) is 0 Å². The molecule has 2 aromatic heterocycles. The Hall–Kier alpha value is -2.70. The maximum absolute atomic E-state index is 11.7. The summed E-state index contributed by atoms with van der Waals surface area (Å²) in [6.45, 7) is 1.77. The van der Waals surface area contributed by atoms with Crippen molar-refractivity contribution in [2.45, 2.75) is 6.92 Å². The van der Waals surface area contributed by atoms with E-state index in [4.69, 9.17) is 11.5 Å². The van der Waals surface area contributed by atoms with Crippen LogP contribution < -0.4 is 11.5 Å². The molecule has 0 saturated heterocycles. The molecule has 0 aliphatic heterocycles. The molecular weight excluding hydrogens is 232 g/mol. The van der Waals surface area contributed by atoms with E-state index in [1.807, 2.05) is 0 Å². The van der Waals surface area contributed by atoms with Gasteiger partial charge in [0.25, 0.3) is 5.91 Å². The molecule has 18 heavy (non-hydrogen) atoms. The number of hydrogen-bond donors (Lipinski definition) is 2. The molecule has 0 fully saturated rings. The lowest BCUT2D eigenvalue weighted by molar-refractivity contribution is 0.100. The zero-order valence-electron chi connectivity index (χ0n) is 9.74. The summed E-state index contributed by atoms with van der Waals surface area (Å²) in [7, 11) is 0. The molecule has 4 N–H and O–H groups in total. The third-order valence-electron chi connectivity index (χ3n) is 2.38. The molecule has 7 nitrogen and oxygen atoms in total. The van der Waals surface area contributed by atoms with Crippen molar-refractivity contribution in [2.24, 2.45) is 16.5 Å². The monoisotopic (exact) mass is 244 g/mol. The number of nitrogens with two attached hydrogens (primary N) is 2. The van der Waals surface area contributed by atoms with Gasteiger partial charge in [-0.05, 0) is 19.1 Å². The Morgan fingerprint density at radius 2 is 2.00 bits per heavy atom. The highest BCUT2D eigenvalue weighted by atomic mass is 16.1. The minimum absolute atomic E-state index is 0.268. The first kappa shape index (κ1) is 11.8. The number of rotatable bonds is 2. The molecule has 0 bridgehead atoms. The molecule has 2 aromatic rings. The Labute approximate surface area is 103 Å². The predicted octanol–water partition coefficient (Wildman–Crippen LogP) is -0.0107. The van der Waals surface area contributed by atoms with Crippen molar-refractivity contribution in [3.05, 3.63) is 42.0 Å². The molecule has 0 aliphatic rings. The summed E-state index contributed by atoms with van der Waals surface area (Å²) >= 11 is 0. The number of amides is 1. The number of aromatic nitrogens is 3. The lowest BCUT2D eigenvalue weighted by atomic mass is 10.2. The van der Waals surface area contributed by atoms with E-state index in [-0.39, 0.29) is 5.96 Å². The first-order chi connectivity index (χ1) is 8.59. The van der Waals surface area contributed by atoms with E-state index in [0.717, 1.165) is 5.69 Å². The van der Waals surface area contributed by atoms with Crippen LogP contribution in [-0.4, -0.2) is 26.6 Å². The molecule has 92 valence electrons. The average Bonchev–Trinajstić information content (AvgIpc) is 2.71. The topological polar surface area (TPSA) is 112 Å². The summed E-state index contributed by atoms with van der Waals surface area (Å²) in [4.78, 5) is 19.1. The predicted molar refractivity (Wildman–Crippen MR) is 66.2 cm³/mol. The summed E-state index contributed by atoms with van der Waals surface area (Å²) in [5.74, 6) is -0.774. The number of carbonyl (C=O) groups is 1. The molecular formula is C11H12N6O. The molecule has 0 aliphatic carbocycles. The zero-order valence-corrected chi connectivity index (χ0v) is 9.74. The number of aliphatic imine (C=N–C) groups is 1. The second-order valence-corrected chi connectivity index (χ2v) is 3.60. The summed E-state index contributed by atoms with van der Waals surface area (Å²) in [5.41, 5.74) is 12.2. The van der Waals surface area contributed by atoms with Crippen LogP contribution in [0.5, 0.6) is 0 Å². The van der Waals surface area contributed by atoms with Crippen LogP contribution in [-0.2, 0) is 0 Å². The smallest absolute Gasteiger partial charge is 0.283 e. The number of nitrogens with zero attached hydrogens (tertiary/aromatic N) is 4. The highest BCUT2D eigenvalue weighted by Crippen LogP contribution is 2.14. The summed E-state index contributed by atoms with van der Waals surface area (Å²) in [6, 6.07) is 3.57. The second-order valence-electron chi connectivity index (χ2n) is 3.60. The number of hydrogen-bond acceptors (Lipinski definition) is 3. The highest BCUT2D eigenvalue weighted by molar-refractivity contribution is 6.02. The molecule has 0 saturated carbocycles. The Bertz CT molecular complexity index is 597. The average molecular weight is 244 g/mol. The van der Waals surface area contributed by atoms with Crippen LogP contribution in [0.3, 0.4) is 0 Å². The third kappa shape index (κ3) is 2.19. The van der Waals surface area contributed by atoms with Gasteiger partial charge in [-0.1, -0.05) is 0 Å². The Morgan fingerprint density at radius 3 is 2.61 bits per heavy atom. The van der Waals surface area contributed by atoms with Crippen LogP contribution >= 0.6 is 0 Å². The Kier molecular flexibility index (Phi) is 3.05. The molecule has 0 aromatic carbocycles. The van der Waals surface area contributed by atoms with Crippen LogP contribution in [0.15, 0.2) is 35.7 Å². The van der Waals surface area contributed by atoms with Gasteiger partial charge < -0.3 is 11.5 Å². The van der Waals surface area contributed by atoms with E-state index >= 15 is 0 Å². The van der Waals surface area contributed by atoms with Gasteiger partial charge in [0.2, 0.25) is 0 Å². The molecule has 7 heteroatoms. The highest BCUT2D eigenvalue weighted by Gasteiger charge is 2.14. The lowest BCUT2D eigenvalue weighted by Gasteiger charge is -2.03. The van der Waals surface area contributed by atoms with Crippen molar-refractivity contribution >= 4 is 11.9 Å². The first-order valence-electron chi connectivity index (χ1n) is 5.18. The van der Waals surface area contributed by atoms with Gasteiger partial charge in [0.1, 0.15) is 0 Å². The van der Waals surface area contributed by atoms with Crippen molar-refractivity contribution in [3.63, 3.8) is 0 Å². The maximum atomic E-state index is 11.7. The molecule has 0 unspecified atom stereocenters. The van der Waals surface area contributed by atoms with E-state index in [1.165, 1.54) is 6.20 Å². The Morgan fingerprint density at radius 1 is 1.33 bits per heavy atom. The minimum Gasteiger partial charge on any atom is -0.370 e. The standard InChI is InChI=1S/C11H12N6O/c1-7-9(10(18)16-11(12)13)6-15-17(7)8-2-4-14-5-3-8/h2-6H,1H3,(H4,12,13,16,18). The van der Waals surface area contributed by atoms with Gasteiger partial charge in [-0.2, -0.15) is 10.1 Å². The maximum Gasteiger partial charge on any atom is 0.283 e. The van der Waals surface area contributed by atoms with Gasteiger partial charge in [0, 0.05) is 12.4 Å². The van der Waals surface area contributed by atoms with Crippen LogP contribution in [0, 0.1) is 6.92 Å². The minimum atomic E-state index is -0.507. The quantitative estimate of drug-likeness (QED) is 0.570. The summed E-state index contributed by atoms with van der Waals surface area (Å²) in [6.07, 6.45) is 4.73. The van der Waals surface area contributed by atoms with Gasteiger partial charge in [0.05, 0.1) is 23.1 Å². The van der Waals surface area contributed by atoms with E-state index in [9.17, 15) is 4.79 Å². The molecule has 1 amide bonds. The zero-order chi connectivity index (χ0) is 13.1. The van der Waals surface area contributed by atoms with Crippen LogP contribution in [0.1, 0.15) is 16.1 Å². The van der Waals surface area contributed by atoms with E-state index in [1.54, 1.807) is 36.1 Å². The largest absolute Gasteiger partial charge is 0.370 e. The second kappa shape index (κ2) is 4.66. The van der Waals surface area contributed by atoms with Gasteiger partial charge >= 0.3 is 0 Å². The van der Waals surface area contributed by atoms with Crippen molar-refractivity contribution in [3.8, 4) is 5.69 Å². The molecule has 0 spiro atoms. The van der Waals surface area contributed by atoms with Crippen LogP contribution in [0.4, 0.5) is 0 Å². The molecule has 2 rings (SSSR count). The van der Waals surface area contributed by atoms with Gasteiger partial charge in [-0.3, -0.25) is 9.78 Å². The molecule has 0 atom stereocenters. The van der Waals surface area contributed by atoms with Gasteiger partial charge in [0.15, 0.2) is 5.96 Å². The van der Waals surface area contributed by atoms with Crippen molar-refractivity contribution in [2.75, 3.05) is 0 Å². The molecule has 0 radical (unpaired) electrons. The van der Waals surface area contributed by atoms with E-state index in [0.29, 0.717) is 11.3 Å². The normalized spacial score (nSPS) is 10.1. The number of carbonyl (C=O) groups excluding carboxylic acids is 1. The SMILES string of the molecule is Cc1c(C(=O)N=C(N)N)cnn1-c1ccncc1. The van der Waals surface area contributed by atoms with E-state index < -0.39 is 5.91 Å². The summed E-state index contributed by atoms with van der Waals surface area (Å²) in [5, 5.41) is 4.13. The Balaban J connectivity index is 2.42. The molecule has 2 heterocycles. The van der Waals surface area contributed by atoms with Crippen molar-refractivity contribution in [1.29, 1.82) is 0 Å². The fourth-order valence-electron chi connectivity index (χ4n) is 1.54. The van der Waals surface area contributed by atoms with Crippen molar-refractivity contribution < 1.29 is 4.79 Å². The third-order valence-corrected chi connectivity index (χ3v) is 2.38. The van der Waals surface area contributed by atoms with Crippen LogP contribution in [0.25, 0.3) is 5.69 Å². The fraction of sp³-hybridized carbons (Fsp3) is 0.0909. The summed E-state index contributed by atoms with van der Waals surface area (Å²) < 4.78 is 1.62. The first-order valence-corrected chi connectivity index (χ1v) is 5.18. The number of guanidine groups is 1. The number of pyridine rings is 1.